The van der Waals surface area contributed by atoms with Crippen molar-refractivity contribution in [1.82, 2.24) is 10.2 Å². The Hall–Kier alpha value is -0.220. The van der Waals surface area contributed by atoms with Gasteiger partial charge in [0.15, 0.2) is 0 Å². The molecule has 0 bridgehead atoms. The van der Waals surface area contributed by atoms with E-state index >= 15 is 0 Å². The standard InChI is InChI=1S/C11H20N2OS/c1-9(2)10(14)13-7-8-15-11(13)3-5-12-6-4-11/h9,12H,3-8H2,1-2H3. The van der Waals surface area contributed by atoms with E-state index in [9.17, 15) is 4.79 Å². The van der Waals surface area contributed by atoms with Crippen LogP contribution in [-0.4, -0.2) is 41.1 Å². The van der Waals surface area contributed by atoms with Crippen molar-refractivity contribution in [3.05, 3.63) is 0 Å². The zero-order valence-electron chi connectivity index (χ0n) is 9.58. The fourth-order valence-electron chi connectivity index (χ4n) is 2.46. The monoisotopic (exact) mass is 228 g/mol. The molecule has 0 unspecified atom stereocenters. The van der Waals surface area contributed by atoms with Crippen LogP contribution in [0.5, 0.6) is 0 Å². The SMILES string of the molecule is CC(C)C(=O)N1CCSC12CCNCC2. The number of piperidine rings is 1. The third-order valence-electron chi connectivity index (χ3n) is 3.32. The Morgan fingerprint density at radius 3 is 2.67 bits per heavy atom. The number of rotatable bonds is 1. The lowest BCUT2D eigenvalue weighted by Crippen LogP contribution is -2.52. The number of amides is 1. The number of hydrogen-bond donors (Lipinski definition) is 1. The van der Waals surface area contributed by atoms with E-state index in [1.807, 2.05) is 25.6 Å². The van der Waals surface area contributed by atoms with Crippen molar-refractivity contribution < 1.29 is 4.79 Å². The van der Waals surface area contributed by atoms with E-state index in [1.54, 1.807) is 0 Å². The Bertz CT molecular complexity index is 249. The molecule has 0 aromatic rings. The van der Waals surface area contributed by atoms with E-state index in [4.69, 9.17) is 0 Å². The highest BCUT2D eigenvalue weighted by Crippen LogP contribution is 2.43. The van der Waals surface area contributed by atoms with Crippen LogP contribution < -0.4 is 5.32 Å². The van der Waals surface area contributed by atoms with E-state index < -0.39 is 0 Å². The highest BCUT2D eigenvalue weighted by atomic mass is 32.2. The zero-order chi connectivity index (χ0) is 10.9. The first kappa shape index (κ1) is 11.3. The maximum atomic E-state index is 12.1. The first-order valence-electron chi connectivity index (χ1n) is 5.82. The molecule has 2 aliphatic rings. The molecule has 1 N–H and O–H groups in total. The van der Waals surface area contributed by atoms with Gasteiger partial charge >= 0.3 is 0 Å². The molecule has 0 aromatic heterocycles. The maximum Gasteiger partial charge on any atom is 0.226 e. The number of hydrogen-bond acceptors (Lipinski definition) is 3. The second-order valence-electron chi connectivity index (χ2n) is 4.69. The van der Waals surface area contributed by atoms with Crippen molar-refractivity contribution in [2.24, 2.45) is 5.92 Å². The van der Waals surface area contributed by atoms with Crippen LogP contribution in [-0.2, 0) is 4.79 Å². The third kappa shape index (κ3) is 2.02. The van der Waals surface area contributed by atoms with Crippen LogP contribution in [0, 0.1) is 5.92 Å². The van der Waals surface area contributed by atoms with Gasteiger partial charge in [0, 0.05) is 18.2 Å². The predicted molar refractivity (Wildman–Crippen MR) is 63.8 cm³/mol. The molecule has 0 atom stereocenters. The molecule has 4 heteroatoms. The Balaban J connectivity index is 2.13. The first-order valence-corrected chi connectivity index (χ1v) is 6.80. The minimum absolute atomic E-state index is 0.132. The van der Waals surface area contributed by atoms with Crippen LogP contribution in [0.4, 0.5) is 0 Å². The second-order valence-corrected chi connectivity index (χ2v) is 6.15. The van der Waals surface area contributed by atoms with Gasteiger partial charge in [-0.25, -0.2) is 0 Å². The molecule has 2 heterocycles. The summed E-state index contributed by atoms with van der Waals surface area (Å²) in [6, 6.07) is 0. The van der Waals surface area contributed by atoms with Crippen LogP contribution in [0.3, 0.4) is 0 Å². The van der Waals surface area contributed by atoms with Gasteiger partial charge in [-0.2, -0.15) is 0 Å². The normalized spacial score (nSPS) is 25.1. The Morgan fingerprint density at radius 2 is 2.07 bits per heavy atom. The summed E-state index contributed by atoms with van der Waals surface area (Å²) < 4.78 is 0. The van der Waals surface area contributed by atoms with Gasteiger partial charge in [0.2, 0.25) is 5.91 Å². The van der Waals surface area contributed by atoms with Crippen molar-refractivity contribution in [2.75, 3.05) is 25.4 Å². The molecular formula is C11H20N2OS. The minimum Gasteiger partial charge on any atom is -0.327 e. The van der Waals surface area contributed by atoms with E-state index in [2.05, 4.69) is 10.2 Å². The molecule has 2 aliphatic heterocycles. The Kier molecular flexibility index (Phi) is 3.26. The molecule has 86 valence electrons. The van der Waals surface area contributed by atoms with Crippen molar-refractivity contribution >= 4 is 17.7 Å². The molecule has 0 aliphatic carbocycles. The molecule has 2 saturated heterocycles. The van der Waals surface area contributed by atoms with E-state index in [1.165, 1.54) is 0 Å². The van der Waals surface area contributed by atoms with Crippen LogP contribution >= 0.6 is 11.8 Å². The fraction of sp³-hybridized carbons (Fsp3) is 0.909. The lowest BCUT2D eigenvalue weighted by Gasteiger charge is -2.41. The highest BCUT2D eigenvalue weighted by Gasteiger charge is 2.45. The molecule has 3 nitrogen and oxygen atoms in total. The summed E-state index contributed by atoms with van der Waals surface area (Å²) in [7, 11) is 0. The van der Waals surface area contributed by atoms with Crippen LogP contribution in [0.2, 0.25) is 0 Å². The maximum absolute atomic E-state index is 12.1. The lowest BCUT2D eigenvalue weighted by molar-refractivity contribution is -0.137. The zero-order valence-corrected chi connectivity index (χ0v) is 10.4. The summed E-state index contributed by atoms with van der Waals surface area (Å²) in [6.45, 7) is 7.05. The molecule has 2 fully saturated rings. The van der Waals surface area contributed by atoms with E-state index in [0.29, 0.717) is 5.91 Å². The van der Waals surface area contributed by atoms with Crippen LogP contribution in [0.25, 0.3) is 0 Å². The molecular weight excluding hydrogens is 208 g/mol. The number of nitrogens with zero attached hydrogens (tertiary/aromatic N) is 1. The van der Waals surface area contributed by atoms with Gasteiger partial charge in [-0.05, 0) is 25.9 Å². The number of thioether (sulfide) groups is 1. The highest BCUT2D eigenvalue weighted by molar-refractivity contribution is 8.00. The summed E-state index contributed by atoms with van der Waals surface area (Å²) >= 11 is 1.98. The summed E-state index contributed by atoms with van der Waals surface area (Å²) in [4.78, 5) is 14.4. The quantitative estimate of drug-likeness (QED) is 0.734. The van der Waals surface area contributed by atoms with Crippen molar-refractivity contribution in [3.8, 4) is 0 Å². The molecule has 15 heavy (non-hydrogen) atoms. The second kappa shape index (κ2) is 4.34. The summed E-state index contributed by atoms with van der Waals surface area (Å²) in [5.41, 5.74) is 0. The van der Waals surface area contributed by atoms with Gasteiger partial charge in [0.25, 0.3) is 0 Å². The Morgan fingerprint density at radius 1 is 1.40 bits per heavy atom. The molecule has 0 radical (unpaired) electrons. The topological polar surface area (TPSA) is 32.3 Å². The summed E-state index contributed by atoms with van der Waals surface area (Å²) in [5.74, 6) is 1.58. The van der Waals surface area contributed by atoms with Gasteiger partial charge < -0.3 is 10.2 Å². The number of carbonyl (C=O) groups is 1. The Labute approximate surface area is 96.0 Å². The molecule has 0 saturated carbocycles. The lowest BCUT2D eigenvalue weighted by atomic mass is 10.0. The van der Waals surface area contributed by atoms with Gasteiger partial charge in [0.05, 0.1) is 4.87 Å². The summed E-state index contributed by atoms with van der Waals surface area (Å²) in [6.07, 6.45) is 2.21. The van der Waals surface area contributed by atoms with Gasteiger partial charge in [-0.3, -0.25) is 4.79 Å². The smallest absolute Gasteiger partial charge is 0.226 e. The van der Waals surface area contributed by atoms with Crippen LogP contribution in [0.15, 0.2) is 0 Å². The first-order chi connectivity index (χ1) is 7.16. The van der Waals surface area contributed by atoms with E-state index in [0.717, 1.165) is 38.2 Å². The average Bonchev–Trinajstić information content (AvgIpc) is 2.61. The van der Waals surface area contributed by atoms with Crippen molar-refractivity contribution in [3.63, 3.8) is 0 Å². The molecule has 1 amide bonds. The number of carbonyl (C=O) groups excluding carboxylic acids is 1. The summed E-state index contributed by atoms with van der Waals surface area (Å²) in [5, 5.41) is 3.37. The molecule has 2 rings (SSSR count). The van der Waals surface area contributed by atoms with E-state index in [-0.39, 0.29) is 10.8 Å². The third-order valence-corrected chi connectivity index (χ3v) is 4.87. The largest absolute Gasteiger partial charge is 0.327 e. The molecule has 0 aromatic carbocycles. The predicted octanol–water partition coefficient (Wildman–Crippen LogP) is 1.30. The van der Waals surface area contributed by atoms with Gasteiger partial charge in [-0.15, -0.1) is 11.8 Å². The number of nitrogens with one attached hydrogen (secondary N) is 1. The van der Waals surface area contributed by atoms with Crippen molar-refractivity contribution in [1.29, 1.82) is 0 Å². The minimum atomic E-state index is 0.132. The van der Waals surface area contributed by atoms with Gasteiger partial charge in [0.1, 0.15) is 0 Å². The fourth-order valence-corrected chi connectivity index (χ4v) is 3.95. The van der Waals surface area contributed by atoms with Gasteiger partial charge in [-0.1, -0.05) is 13.8 Å². The average molecular weight is 228 g/mol. The van der Waals surface area contributed by atoms with Crippen LogP contribution in [0.1, 0.15) is 26.7 Å². The molecule has 1 spiro atoms. The van der Waals surface area contributed by atoms with Crippen molar-refractivity contribution in [2.45, 2.75) is 31.6 Å².